The van der Waals surface area contributed by atoms with Crippen molar-refractivity contribution in [3.05, 3.63) is 51.0 Å². The average Bonchev–Trinajstić information content (AvgIpc) is 2.73. The van der Waals surface area contributed by atoms with Gasteiger partial charge in [0.05, 0.1) is 15.5 Å². The summed E-state index contributed by atoms with van der Waals surface area (Å²) in [5.41, 5.74) is -0.00644. The van der Waals surface area contributed by atoms with Crippen LogP contribution >= 0.6 is 15.9 Å². The Hall–Kier alpha value is -1.89. The molecule has 0 saturated carbocycles. The van der Waals surface area contributed by atoms with Crippen molar-refractivity contribution in [3.63, 3.8) is 0 Å². The number of hydrogen-bond donors (Lipinski definition) is 0. The maximum Gasteiger partial charge on any atom is 0.273 e. The van der Waals surface area contributed by atoms with Crippen LogP contribution in [0.15, 0.2) is 35.1 Å². The van der Waals surface area contributed by atoms with E-state index in [0.717, 1.165) is 5.82 Å². The van der Waals surface area contributed by atoms with Gasteiger partial charge >= 0.3 is 0 Å². The summed E-state index contributed by atoms with van der Waals surface area (Å²) >= 11 is 3.29. The molecule has 94 valence electrons. The fourth-order valence-corrected chi connectivity index (χ4v) is 1.76. The lowest BCUT2D eigenvalue weighted by atomic mass is 10.3. The van der Waals surface area contributed by atoms with E-state index < -0.39 is 4.92 Å². The van der Waals surface area contributed by atoms with Gasteiger partial charge in [-0.25, -0.2) is 4.98 Å². The number of benzene rings is 1. The number of rotatable bonds is 4. The van der Waals surface area contributed by atoms with Crippen molar-refractivity contribution in [1.82, 2.24) is 9.55 Å². The van der Waals surface area contributed by atoms with Crippen LogP contribution in [0, 0.1) is 10.1 Å². The van der Waals surface area contributed by atoms with E-state index in [4.69, 9.17) is 4.74 Å². The lowest BCUT2D eigenvalue weighted by Crippen LogP contribution is -2.03. The van der Waals surface area contributed by atoms with Gasteiger partial charge < -0.3 is 9.30 Å². The zero-order chi connectivity index (χ0) is 13.1. The largest absolute Gasteiger partial charge is 0.484 e. The first-order chi connectivity index (χ1) is 8.58. The first kappa shape index (κ1) is 12.6. The first-order valence-electron chi connectivity index (χ1n) is 5.11. The van der Waals surface area contributed by atoms with Crippen molar-refractivity contribution < 1.29 is 9.66 Å². The molecular formula is C11H10BrN3O3. The van der Waals surface area contributed by atoms with Crippen molar-refractivity contribution in [3.8, 4) is 5.75 Å². The lowest BCUT2D eigenvalue weighted by Gasteiger charge is -2.07. The third kappa shape index (κ3) is 2.67. The predicted octanol–water partition coefficient (Wildman–Crippen LogP) is 2.67. The maximum atomic E-state index is 10.7. The highest BCUT2D eigenvalue weighted by Gasteiger charge is 2.11. The summed E-state index contributed by atoms with van der Waals surface area (Å²) in [5, 5.41) is 10.7. The molecule has 0 atom stereocenters. The van der Waals surface area contributed by atoms with E-state index >= 15 is 0 Å². The number of halogens is 1. The summed E-state index contributed by atoms with van der Waals surface area (Å²) in [6, 6.07) is 4.39. The fraction of sp³-hybridized carbons (Fsp3) is 0.182. The van der Waals surface area contributed by atoms with E-state index in [1.54, 1.807) is 18.5 Å². The van der Waals surface area contributed by atoms with Crippen LogP contribution in [0.2, 0.25) is 0 Å². The molecule has 0 fully saturated rings. The Labute approximate surface area is 111 Å². The molecule has 0 radical (unpaired) electrons. The molecule has 18 heavy (non-hydrogen) atoms. The van der Waals surface area contributed by atoms with Crippen LogP contribution in [0.3, 0.4) is 0 Å². The number of nitrogens with zero attached hydrogens (tertiary/aromatic N) is 3. The normalized spacial score (nSPS) is 10.3. The molecule has 2 rings (SSSR count). The standard InChI is InChI=1S/C11H10BrN3O3/c1-14-5-4-13-11(14)7-18-10-6-8(15(16)17)2-3-9(10)12/h2-6H,7H2,1H3. The third-order valence-corrected chi connectivity index (χ3v) is 3.06. The van der Waals surface area contributed by atoms with Crippen LogP contribution in [0.25, 0.3) is 0 Å². The van der Waals surface area contributed by atoms with Gasteiger partial charge in [-0.2, -0.15) is 0 Å². The Morgan fingerprint density at radius 2 is 2.33 bits per heavy atom. The molecular weight excluding hydrogens is 302 g/mol. The summed E-state index contributed by atoms with van der Waals surface area (Å²) in [6.45, 7) is 0.253. The smallest absolute Gasteiger partial charge is 0.273 e. The molecule has 0 aliphatic carbocycles. The van der Waals surface area contributed by atoms with Gasteiger partial charge in [-0.15, -0.1) is 0 Å². The van der Waals surface area contributed by atoms with Crippen molar-refractivity contribution in [2.75, 3.05) is 0 Å². The second-order valence-electron chi connectivity index (χ2n) is 3.61. The van der Waals surface area contributed by atoms with Crippen molar-refractivity contribution in [1.29, 1.82) is 0 Å². The number of imidazole rings is 1. The zero-order valence-electron chi connectivity index (χ0n) is 9.54. The topological polar surface area (TPSA) is 70.2 Å². The first-order valence-corrected chi connectivity index (χ1v) is 5.90. The molecule has 0 amide bonds. The Bertz CT molecular complexity index is 583. The van der Waals surface area contributed by atoms with E-state index in [1.807, 2.05) is 11.6 Å². The molecule has 1 aromatic carbocycles. The second-order valence-corrected chi connectivity index (χ2v) is 4.47. The number of nitro benzene ring substituents is 1. The highest BCUT2D eigenvalue weighted by molar-refractivity contribution is 9.10. The van der Waals surface area contributed by atoms with E-state index in [9.17, 15) is 10.1 Å². The van der Waals surface area contributed by atoms with Crippen LogP contribution in [-0.4, -0.2) is 14.5 Å². The number of aromatic nitrogens is 2. The number of ether oxygens (including phenoxy) is 1. The molecule has 7 heteroatoms. The van der Waals surface area contributed by atoms with E-state index in [2.05, 4.69) is 20.9 Å². The number of non-ortho nitro benzene ring substituents is 1. The zero-order valence-corrected chi connectivity index (χ0v) is 11.1. The Kier molecular flexibility index (Phi) is 3.61. The van der Waals surface area contributed by atoms with Gasteiger partial charge in [0, 0.05) is 25.5 Å². The van der Waals surface area contributed by atoms with Crippen molar-refractivity contribution in [2.45, 2.75) is 6.61 Å². The van der Waals surface area contributed by atoms with Crippen molar-refractivity contribution in [2.24, 2.45) is 7.05 Å². The minimum absolute atomic E-state index is 0.00644. The monoisotopic (exact) mass is 311 g/mol. The molecule has 1 aromatic heterocycles. The minimum atomic E-state index is -0.458. The molecule has 0 spiro atoms. The molecule has 0 bridgehead atoms. The van der Waals surface area contributed by atoms with Crippen LogP contribution in [0.1, 0.15) is 5.82 Å². The van der Waals surface area contributed by atoms with Crippen LogP contribution in [0.5, 0.6) is 5.75 Å². The number of nitro groups is 1. The SMILES string of the molecule is Cn1ccnc1COc1cc([N+](=O)[O-])ccc1Br. The highest BCUT2D eigenvalue weighted by Crippen LogP contribution is 2.29. The van der Waals surface area contributed by atoms with Crippen LogP contribution in [-0.2, 0) is 13.7 Å². The summed E-state index contributed by atoms with van der Waals surface area (Å²) in [5.74, 6) is 1.17. The Balaban J connectivity index is 2.16. The fourth-order valence-electron chi connectivity index (χ4n) is 1.39. The molecule has 1 heterocycles. The minimum Gasteiger partial charge on any atom is -0.484 e. The molecule has 0 aliphatic heterocycles. The van der Waals surface area contributed by atoms with Gasteiger partial charge in [0.1, 0.15) is 18.2 Å². The van der Waals surface area contributed by atoms with Crippen molar-refractivity contribution >= 4 is 21.6 Å². The predicted molar refractivity (Wildman–Crippen MR) is 68.3 cm³/mol. The molecule has 2 aromatic rings. The molecule has 0 aliphatic rings. The van der Waals surface area contributed by atoms with Gasteiger partial charge in [0.15, 0.2) is 0 Å². The molecule has 0 N–H and O–H groups in total. The van der Waals surface area contributed by atoms with Crippen LogP contribution < -0.4 is 4.74 Å². The number of aryl methyl sites for hydroxylation is 1. The van der Waals surface area contributed by atoms with Gasteiger partial charge in [-0.3, -0.25) is 10.1 Å². The van der Waals surface area contributed by atoms with Crippen LogP contribution in [0.4, 0.5) is 5.69 Å². The molecule has 6 nitrogen and oxygen atoms in total. The van der Waals surface area contributed by atoms with E-state index in [1.165, 1.54) is 12.1 Å². The summed E-state index contributed by atoms with van der Waals surface area (Å²) in [6.07, 6.45) is 3.47. The summed E-state index contributed by atoms with van der Waals surface area (Å²) in [7, 11) is 1.86. The number of hydrogen-bond acceptors (Lipinski definition) is 4. The average molecular weight is 312 g/mol. The second kappa shape index (κ2) is 5.18. The van der Waals surface area contributed by atoms with Gasteiger partial charge in [0.2, 0.25) is 0 Å². The van der Waals surface area contributed by atoms with Gasteiger partial charge in [-0.05, 0) is 22.0 Å². The summed E-state index contributed by atoms with van der Waals surface area (Å²) < 4.78 is 8.01. The van der Waals surface area contributed by atoms with E-state index in [-0.39, 0.29) is 12.3 Å². The third-order valence-electron chi connectivity index (χ3n) is 2.40. The molecule has 0 unspecified atom stereocenters. The Morgan fingerprint density at radius 3 is 2.94 bits per heavy atom. The molecule has 0 saturated heterocycles. The quantitative estimate of drug-likeness (QED) is 0.643. The van der Waals surface area contributed by atoms with Gasteiger partial charge in [-0.1, -0.05) is 0 Å². The lowest BCUT2D eigenvalue weighted by molar-refractivity contribution is -0.385. The highest BCUT2D eigenvalue weighted by atomic mass is 79.9. The Morgan fingerprint density at radius 1 is 1.56 bits per heavy atom. The maximum absolute atomic E-state index is 10.7. The van der Waals surface area contributed by atoms with E-state index in [0.29, 0.717) is 10.2 Å². The van der Waals surface area contributed by atoms with Gasteiger partial charge in [0.25, 0.3) is 5.69 Å². The summed E-state index contributed by atoms with van der Waals surface area (Å²) in [4.78, 5) is 14.3.